The van der Waals surface area contributed by atoms with Crippen molar-refractivity contribution in [3.8, 4) is 11.5 Å². The highest BCUT2D eigenvalue weighted by Crippen LogP contribution is 2.36. The van der Waals surface area contributed by atoms with Gasteiger partial charge in [-0.05, 0) is 24.6 Å². The topological polar surface area (TPSA) is 90.2 Å². The van der Waals surface area contributed by atoms with E-state index in [4.69, 9.17) is 18.6 Å². The molecule has 0 aliphatic carbocycles. The number of rotatable bonds is 7. The van der Waals surface area contributed by atoms with Crippen LogP contribution >= 0.6 is 0 Å². The monoisotopic (exact) mass is 390 g/mol. The largest absolute Gasteiger partial charge is 0.493 e. The Balaban J connectivity index is 1.73. The molecular weight excluding hydrogens is 364 g/mol. The fourth-order valence-corrected chi connectivity index (χ4v) is 3.37. The summed E-state index contributed by atoms with van der Waals surface area (Å²) in [6, 6.07) is 3.55. The van der Waals surface area contributed by atoms with Crippen molar-refractivity contribution in [2.45, 2.75) is 13.3 Å². The second-order valence-corrected chi connectivity index (χ2v) is 6.65. The molecule has 0 bridgehead atoms. The van der Waals surface area contributed by atoms with Crippen molar-refractivity contribution in [1.82, 2.24) is 10.2 Å². The Morgan fingerprint density at radius 3 is 2.64 bits per heavy atom. The number of nitrogens with zero attached hydrogens (tertiary/aromatic N) is 1. The van der Waals surface area contributed by atoms with Gasteiger partial charge >= 0.3 is 5.63 Å². The molecule has 1 saturated heterocycles. The van der Waals surface area contributed by atoms with E-state index in [1.807, 2.05) is 6.92 Å². The van der Waals surface area contributed by atoms with Crippen molar-refractivity contribution in [3.63, 3.8) is 0 Å². The van der Waals surface area contributed by atoms with Crippen LogP contribution in [0.4, 0.5) is 0 Å². The van der Waals surface area contributed by atoms with Gasteiger partial charge in [0.25, 0.3) is 0 Å². The molecule has 1 N–H and O–H groups in total. The van der Waals surface area contributed by atoms with Crippen LogP contribution in [-0.2, 0) is 16.0 Å². The zero-order valence-electron chi connectivity index (χ0n) is 16.5. The predicted molar refractivity (Wildman–Crippen MR) is 104 cm³/mol. The molecule has 3 rings (SSSR count). The molecule has 1 fully saturated rings. The second-order valence-electron chi connectivity index (χ2n) is 6.65. The predicted octanol–water partition coefficient (Wildman–Crippen LogP) is 1.11. The number of nitrogens with one attached hydrogen (secondary N) is 1. The van der Waals surface area contributed by atoms with E-state index >= 15 is 0 Å². The lowest BCUT2D eigenvalue weighted by Crippen LogP contribution is -2.41. The normalized spacial score (nSPS) is 14.8. The first kappa shape index (κ1) is 20.2. The Labute approximate surface area is 163 Å². The highest BCUT2D eigenvalue weighted by molar-refractivity contribution is 5.89. The van der Waals surface area contributed by atoms with Crippen LogP contribution in [0.25, 0.3) is 11.0 Å². The minimum Gasteiger partial charge on any atom is -0.493 e. The molecule has 152 valence electrons. The molecule has 0 saturated carbocycles. The maximum absolute atomic E-state index is 12.5. The Kier molecular flexibility index (Phi) is 6.53. The van der Waals surface area contributed by atoms with Gasteiger partial charge in [-0.15, -0.1) is 0 Å². The molecule has 1 aromatic carbocycles. The first-order valence-corrected chi connectivity index (χ1v) is 9.29. The summed E-state index contributed by atoms with van der Waals surface area (Å²) in [5.74, 6) is 0.636. The van der Waals surface area contributed by atoms with E-state index in [2.05, 4.69) is 10.2 Å². The standard InChI is InChI=1S/C20H26N2O6/c1-13-14-4-5-16(25-2)19(26-3)18(14)28-20(24)15(13)12-17(23)21-6-7-22-8-10-27-11-9-22/h4-5H,6-12H2,1-3H3,(H,21,23). The highest BCUT2D eigenvalue weighted by Gasteiger charge is 2.19. The Morgan fingerprint density at radius 1 is 1.21 bits per heavy atom. The smallest absolute Gasteiger partial charge is 0.340 e. The minimum atomic E-state index is -0.542. The summed E-state index contributed by atoms with van der Waals surface area (Å²) < 4.78 is 21.4. The van der Waals surface area contributed by atoms with Crippen molar-refractivity contribution in [1.29, 1.82) is 0 Å². The van der Waals surface area contributed by atoms with Crippen LogP contribution in [0, 0.1) is 6.92 Å². The number of aryl methyl sites for hydroxylation is 1. The van der Waals surface area contributed by atoms with Crippen molar-refractivity contribution in [3.05, 3.63) is 33.7 Å². The highest BCUT2D eigenvalue weighted by atomic mass is 16.5. The van der Waals surface area contributed by atoms with Crippen molar-refractivity contribution in [2.24, 2.45) is 0 Å². The van der Waals surface area contributed by atoms with Gasteiger partial charge in [0.1, 0.15) is 0 Å². The van der Waals surface area contributed by atoms with E-state index in [1.165, 1.54) is 14.2 Å². The molecule has 1 amide bonds. The van der Waals surface area contributed by atoms with Gasteiger partial charge in [-0.3, -0.25) is 9.69 Å². The zero-order valence-corrected chi connectivity index (χ0v) is 16.5. The lowest BCUT2D eigenvalue weighted by atomic mass is 10.0. The maximum Gasteiger partial charge on any atom is 0.340 e. The summed E-state index contributed by atoms with van der Waals surface area (Å²) in [5, 5.41) is 3.59. The van der Waals surface area contributed by atoms with Crippen molar-refractivity contribution >= 4 is 16.9 Å². The molecule has 0 radical (unpaired) electrons. The van der Waals surface area contributed by atoms with E-state index in [1.54, 1.807) is 12.1 Å². The average molecular weight is 390 g/mol. The van der Waals surface area contributed by atoms with Crippen molar-refractivity contribution in [2.75, 3.05) is 53.6 Å². The number of morpholine rings is 1. The van der Waals surface area contributed by atoms with Crippen LogP contribution in [0.5, 0.6) is 11.5 Å². The number of hydrogen-bond acceptors (Lipinski definition) is 7. The fourth-order valence-electron chi connectivity index (χ4n) is 3.37. The van der Waals surface area contributed by atoms with Gasteiger partial charge in [0, 0.05) is 31.6 Å². The van der Waals surface area contributed by atoms with Gasteiger partial charge in [-0.25, -0.2) is 4.79 Å². The van der Waals surface area contributed by atoms with Gasteiger partial charge in [-0.1, -0.05) is 0 Å². The van der Waals surface area contributed by atoms with Crippen molar-refractivity contribution < 1.29 is 23.4 Å². The number of carbonyl (C=O) groups excluding carboxylic acids is 1. The number of fused-ring (bicyclic) bond motifs is 1. The van der Waals surface area contributed by atoms with Crippen LogP contribution in [0.15, 0.2) is 21.3 Å². The Morgan fingerprint density at radius 2 is 1.96 bits per heavy atom. The molecule has 0 atom stereocenters. The van der Waals surface area contributed by atoms with E-state index in [-0.39, 0.29) is 12.3 Å². The lowest BCUT2D eigenvalue weighted by Gasteiger charge is -2.26. The van der Waals surface area contributed by atoms with Gasteiger partial charge in [0.05, 0.1) is 39.4 Å². The van der Waals surface area contributed by atoms with Crippen LogP contribution in [0.1, 0.15) is 11.1 Å². The number of hydrogen-bond donors (Lipinski definition) is 1. The third-order valence-corrected chi connectivity index (χ3v) is 4.99. The van der Waals surface area contributed by atoms with Gasteiger partial charge < -0.3 is 23.9 Å². The molecule has 1 aliphatic rings. The first-order valence-electron chi connectivity index (χ1n) is 9.29. The maximum atomic E-state index is 12.5. The van der Waals surface area contributed by atoms with Crippen LogP contribution < -0.4 is 20.4 Å². The summed E-state index contributed by atoms with van der Waals surface area (Å²) in [7, 11) is 3.01. The number of carbonyl (C=O) groups is 1. The summed E-state index contributed by atoms with van der Waals surface area (Å²) in [4.78, 5) is 27.1. The third kappa shape index (κ3) is 4.28. The molecule has 1 aliphatic heterocycles. The first-order chi connectivity index (χ1) is 13.5. The average Bonchev–Trinajstić information content (AvgIpc) is 2.71. The molecule has 8 nitrogen and oxygen atoms in total. The second kappa shape index (κ2) is 9.07. The number of methoxy groups -OCH3 is 2. The molecule has 2 aromatic rings. The van der Waals surface area contributed by atoms with Gasteiger partial charge in [0.15, 0.2) is 11.3 Å². The lowest BCUT2D eigenvalue weighted by molar-refractivity contribution is -0.120. The summed E-state index contributed by atoms with van der Waals surface area (Å²) in [6.07, 6.45) is -0.0262. The molecule has 1 aromatic heterocycles. The number of amides is 1. The summed E-state index contributed by atoms with van der Waals surface area (Å²) in [5.41, 5.74) is 0.833. The van der Waals surface area contributed by atoms with E-state index in [9.17, 15) is 9.59 Å². The zero-order chi connectivity index (χ0) is 20.1. The molecular formula is C20H26N2O6. The van der Waals surface area contributed by atoms with E-state index in [0.29, 0.717) is 40.1 Å². The summed E-state index contributed by atoms with van der Waals surface area (Å²) >= 11 is 0. The minimum absolute atomic E-state index is 0.0262. The molecule has 28 heavy (non-hydrogen) atoms. The molecule has 2 heterocycles. The molecule has 0 unspecified atom stereocenters. The van der Waals surface area contributed by atoms with E-state index in [0.717, 1.165) is 32.8 Å². The van der Waals surface area contributed by atoms with Gasteiger partial charge in [-0.2, -0.15) is 0 Å². The van der Waals surface area contributed by atoms with Gasteiger partial charge in [0.2, 0.25) is 11.7 Å². The quantitative estimate of drug-likeness (QED) is 0.708. The SMILES string of the molecule is COc1ccc2c(C)c(CC(=O)NCCN3CCOCC3)c(=O)oc2c1OC. The summed E-state index contributed by atoms with van der Waals surface area (Å²) in [6.45, 7) is 6.28. The number of benzene rings is 1. The fraction of sp³-hybridized carbons (Fsp3) is 0.500. The number of ether oxygens (including phenoxy) is 3. The Hall–Kier alpha value is -2.58. The molecule has 0 spiro atoms. The van der Waals surface area contributed by atoms with Crippen LogP contribution in [0.3, 0.4) is 0 Å². The third-order valence-electron chi connectivity index (χ3n) is 4.99. The van der Waals surface area contributed by atoms with Crippen LogP contribution in [-0.4, -0.2) is 64.4 Å². The Bertz CT molecular complexity index is 902. The van der Waals surface area contributed by atoms with E-state index < -0.39 is 5.63 Å². The van der Waals surface area contributed by atoms with Crippen LogP contribution in [0.2, 0.25) is 0 Å². The molecule has 8 heteroatoms.